The summed E-state index contributed by atoms with van der Waals surface area (Å²) in [6.45, 7) is 9.84. The van der Waals surface area contributed by atoms with Crippen molar-refractivity contribution in [3.63, 3.8) is 0 Å². The Morgan fingerprint density at radius 3 is 2.44 bits per heavy atom. The minimum absolute atomic E-state index is 0.0106. The largest absolute Gasteiger partial charge is 0.355 e. The van der Waals surface area contributed by atoms with E-state index in [0.29, 0.717) is 14.8 Å². The average molecular weight is 522 g/mol. The van der Waals surface area contributed by atoms with Gasteiger partial charge in [0.05, 0.1) is 4.91 Å². The maximum atomic E-state index is 13.2. The summed E-state index contributed by atoms with van der Waals surface area (Å²) in [6, 6.07) is 12.5. The fraction of sp³-hybridized carbons (Fsp3) is 0.407. The standard InChI is InChI=1S/C27H31N5O2S2/c1-5-18(2)32-26(34)23(36-27(32)35)15-21-19(3)22(16-28)25(33)29(4)24(21)31-13-11-30(12-14-31)17-20-9-7-6-8-10-20/h6-10,15,18H,5,11-14,17H2,1-4H3. The Hall–Kier alpha value is -2.93. The number of thioether (sulfide) groups is 1. The number of nitrogens with zero attached hydrogens (tertiary/aromatic N) is 5. The molecule has 0 saturated carbocycles. The number of nitriles is 1. The van der Waals surface area contributed by atoms with Crippen molar-refractivity contribution in [3.05, 3.63) is 67.8 Å². The molecule has 1 unspecified atom stereocenters. The number of hydrogen-bond acceptors (Lipinski definition) is 7. The highest BCUT2D eigenvalue weighted by atomic mass is 32.2. The normalized spacial score (nSPS) is 18.7. The maximum absolute atomic E-state index is 13.2. The van der Waals surface area contributed by atoms with E-state index in [1.54, 1.807) is 23.4 Å². The molecule has 1 atom stereocenters. The zero-order valence-corrected chi connectivity index (χ0v) is 22.8. The zero-order valence-electron chi connectivity index (χ0n) is 21.2. The van der Waals surface area contributed by atoms with Crippen LogP contribution in [0.25, 0.3) is 6.08 Å². The Bertz CT molecular complexity index is 1300. The molecule has 0 bridgehead atoms. The third-order valence-electron chi connectivity index (χ3n) is 7.02. The van der Waals surface area contributed by atoms with Gasteiger partial charge in [-0.05, 0) is 37.5 Å². The van der Waals surface area contributed by atoms with Crippen LogP contribution in [-0.4, -0.2) is 56.8 Å². The summed E-state index contributed by atoms with van der Waals surface area (Å²) >= 11 is 6.79. The van der Waals surface area contributed by atoms with Crippen molar-refractivity contribution in [2.24, 2.45) is 7.05 Å². The quantitative estimate of drug-likeness (QED) is 0.422. The first-order valence-electron chi connectivity index (χ1n) is 12.2. The predicted molar refractivity (Wildman–Crippen MR) is 150 cm³/mol. The molecule has 1 amide bonds. The molecule has 9 heteroatoms. The lowest BCUT2D eigenvalue weighted by Crippen LogP contribution is -2.48. The topological polar surface area (TPSA) is 72.6 Å². The Balaban J connectivity index is 1.69. The fourth-order valence-electron chi connectivity index (χ4n) is 4.73. The van der Waals surface area contributed by atoms with Crippen LogP contribution in [0, 0.1) is 18.3 Å². The third-order valence-corrected chi connectivity index (χ3v) is 8.35. The second-order valence-corrected chi connectivity index (χ2v) is 10.9. The van der Waals surface area contributed by atoms with Crippen molar-refractivity contribution in [3.8, 4) is 6.07 Å². The number of aromatic nitrogens is 1. The average Bonchev–Trinajstić information content (AvgIpc) is 3.16. The molecule has 2 aromatic rings. The van der Waals surface area contributed by atoms with E-state index in [-0.39, 0.29) is 23.1 Å². The van der Waals surface area contributed by atoms with Crippen LogP contribution in [-0.2, 0) is 18.4 Å². The molecule has 0 aliphatic carbocycles. The SMILES string of the molecule is CCC(C)N1C(=O)C(=Cc2c(C)c(C#N)c(=O)n(C)c2N2CCN(Cc3ccccc3)CC2)SC1=S. The summed E-state index contributed by atoms with van der Waals surface area (Å²) in [4.78, 5) is 33.1. The molecule has 3 heterocycles. The molecular weight excluding hydrogens is 490 g/mol. The van der Waals surface area contributed by atoms with Crippen LogP contribution < -0.4 is 10.5 Å². The van der Waals surface area contributed by atoms with Gasteiger partial charge in [0.15, 0.2) is 0 Å². The minimum Gasteiger partial charge on any atom is -0.355 e. The summed E-state index contributed by atoms with van der Waals surface area (Å²) in [5.41, 5.74) is 2.39. The lowest BCUT2D eigenvalue weighted by Gasteiger charge is -2.37. The van der Waals surface area contributed by atoms with E-state index in [1.165, 1.54) is 17.3 Å². The molecule has 0 radical (unpaired) electrons. The number of carbonyl (C=O) groups excluding carboxylic acids is 1. The van der Waals surface area contributed by atoms with Gasteiger partial charge < -0.3 is 4.90 Å². The number of rotatable bonds is 6. The van der Waals surface area contributed by atoms with Crippen LogP contribution in [0.1, 0.15) is 42.5 Å². The van der Waals surface area contributed by atoms with Gasteiger partial charge in [0.2, 0.25) is 0 Å². The molecule has 1 aromatic carbocycles. The lowest BCUT2D eigenvalue weighted by molar-refractivity contribution is -0.123. The Kier molecular flexibility index (Phi) is 7.98. The van der Waals surface area contributed by atoms with Gasteiger partial charge in [-0.3, -0.25) is 24.0 Å². The number of amides is 1. The van der Waals surface area contributed by atoms with Crippen LogP contribution >= 0.6 is 24.0 Å². The van der Waals surface area contributed by atoms with Crippen LogP contribution in [0.3, 0.4) is 0 Å². The molecule has 2 saturated heterocycles. The molecule has 7 nitrogen and oxygen atoms in total. The van der Waals surface area contributed by atoms with Gasteiger partial charge in [0.1, 0.15) is 21.8 Å². The first-order chi connectivity index (χ1) is 17.3. The van der Waals surface area contributed by atoms with E-state index in [2.05, 4.69) is 40.1 Å². The molecule has 1 aromatic heterocycles. The first kappa shape index (κ1) is 26.1. The zero-order chi connectivity index (χ0) is 26.0. The summed E-state index contributed by atoms with van der Waals surface area (Å²) in [6.07, 6.45) is 2.62. The minimum atomic E-state index is -0.319. The van der Waals surface area contributed by atoms with Crippen molar-refractivity contribution < 1.29 is 4.79 Å². The molecule has 2 fully saturated rings. The van der Waals surface area contributed by atoms with Gasteiger partial charge >= 0.3 is 0 Å². The number of benzene rings is 1. The summed E-state index contributed by atoms with van der Waals surface area (Å²) in [5, 5.41) is 9.72. The number of carbonyl (C=O) groups is 1. The highest BCUT2D eigenvalue weighted by molar-refractivity contribution is 8.26. The van der Waals surface area contributed by atoms with Gasteiger partial charge in [-0.25, -0.2) is 0 Å². The van der Waals surface area contributed by atoms with Crippen molar-refractivity contribution in [1.29, 1.82) is 5.26 Å². The van der Waals surface area contributed by atoms with E-state index < -0.39 is 0 Å². The van der Waals surface area contributed by atoms with E-state index >= 15 is 0 Å². The molecule has 188 valence electrons. The molecular formula is C27H31N5O2S2. The number of hydrogen-bond donors (Lipinski definition) is 0. The lowest BCUT2D eigenvalue weighted by atomic mass is 10.0. The number of piperazine rings is 1. The second-order valence-electron chi connectivity index (χ2n) is 9.27. The van der Waals surface area contributed by atoms with Gasteiger partial charge in [-0.15, -0.1) is 0 Å². The fourth-order valence-corrected chi connectivity index (χ4v) is 6.17. The molecule has 0 spiro atoms. The van der Waals surface area contributed by atoms with Gasteiger partial charge in [-0.2, -0.15) is 5.26 Å². The summed E-state index contributed by atoms with van der Waals surface area (Å²) in [7, 11) is 1.70. The first-order valence-corrected chi connectivity index (χ1v) is 13.4. The predicted octanol–water partition coefficient (Wildman–Crippen LogP) is 3.89. The number of thiocarbonyl (C=S) groups is 1. The number of pyridine rings is 1. The maximum Gasteiger partial charge on any atom is 0.270 e. The van der Waals surface area contributed by atoms with Crippen molar-refractivity contribution >= 4 is 46.1 Å². The molecule has 0 N–H and O–H groups in total. The second kappa shape index (κ2) is 11.0. The van der Waals surface area contributed by atoms with Crippen molar-refractivity contribution in [1.82, 2.24) is 14.4 Å². The summed E-state index contributed by atoms with van der Waals surface area (Å²) in [5.74, 6) is 0.620. The van der Waals surface area contributed by atoms with Crippen LogP contribution in [0.2, 0.25) is 0 Å². The Morgan fingerprint density at radius 1 is 1.17 bits per heavy atom. The Morgan fingerprint density at radius 2 is 1.83 bits per heavy atom. The molecule has 2 aliphatic heterocycles. The van der Waals surface area contributed by atoms with Crippen molar-refractivity contribution in [2.75, 3.05) is 31.1 Å². The highest BCUT2D eigenvalue weighted by Gasteiger charge is 2.35. The monoisotopic (exact) mass is 521 g/mol. The van der Waals surface area contributed by atoms with Crippen molar-refractivity contribution in [2.45, 2.75) is 39.8 Å². The van der Waals surface area contributed by atoms with E-state index in [9.17, 15) is 14.9 Å². The van der Waals surface area contributed by atoms with Gasteiger partial charge in [0, 0.05) is 51.4 Å². The molecule has 36 heavy (non-hydrogen) atoms. The van der Waals surface area contributed by atoms with Crippen LogP contribution in [0.15, 0.2) is 40.0 Å². The van der Waals surface area contributed by atoms with Gasteiger partial charge in [-0.1, -0.05) is 61.2 Å². The van der Waals surface area contributed by atoms with E-state index in [1.807, 2.05) is 26.0 Å². The van der Waals surface area contributed by atoms with Crippen LogP contribution in [0.5, 0.6) is 0 Å². The summed E-state index contributed by atoms with van der Waals surface area (Å²) < 4.78 is 2.10. The Labute approximate surface area is 222 Å². The van der Waals surface area contributed by atoms with Gasteiger partial charge in [0.25, 0.3) is 11.5 Å². The third kappa shape index (κ3) is 4.99. The highest BCUT2D eigenvalue weighted by Crippen LogP contribution is 2.37. The molecule has 2 aliphatic rings. The van der Waals surface area contributed by atoms with E-state index in [0.717, 1.165) is 50.5 Å². The van der Waals surface area contributed by atoms with Crippen LogP contribution in [0.4, 0.5) is 5.82 Å². The molecule has 4 rings (SSSR count). The smallest absolute Gasteiger partial charge is 0.270 e. The number of anilines is 1. The van der Waals surface area contributed by atoms with E-state index in [4.69, 9.17) is 12.2 Å².